The average Bonchev–Trinajstić information content (AvgIpc) is 3.02. The van der Waals surface area contributed by atoms with Crippen LogP contribution in [0.2, 0.25) is 0 Å². The number of hydrogen-bond donors (Lipinski definition) is 3. The molecule has 2 saturated heterocycles. The van der Waals surface area contributed by atoms with Crippen molar-refractivity contribution in [3.63, 3.8) is 0 Å². The molecule has 10 nitrogen and oxygen atoms in total. The Labute approximate surface area is 241 Å². The molecule has 1 aromatic heterocycles. The molecule has 0 saturated carbocycles. The zero-order valence-corrected chi connectivity index (χ0v) is 23.8. The van der Waals surface area contributed by atoms with Gasteiger partial charge in [-0.05, 0) is 29.7 Å². The molecular formula is C31H40N6O4. The predicted molar refractivity (Wildman–Crippen MR) is 156 cm³/mol. The first kappa shape index (κ1) is 28.9. The highest BCUT2D eigenvalue weighted by atomic mass is 16.7. The molecule has 0 spiro atoms. The van der Waals surface area contributed by atoms with E-state index in [2.05, 4.69) is 37.3 Å². The van der Waals surface area contributed by atoms with Gasteiger partial charge in [-0.2, -0.15) is 0 Å². The largest absolute Gasteiger partial charge is 0.392 e. The number of piperazine rings is 1. The van der Waals surface area contributed by atoms with Gasteiger partial charge in [-0.25, -0.2) is 14.8 Å². The van der Waals surface area contributed by atoms with Crippen LogP contribution in [0.5, 0.6) is 0 Å². The lowest BCUT2D eigenvalue weighted by molar-refractivity contribution is -0.276. The van der Waals surface area contributed by atoms with Crippen LogP contribution in [0.25, 0.3) is 0 Å². The zero-order valence-electron chi connectivity index (χ0n) is 23.8. The maximum absolute atomic E-state index is 11.8. The number of nitrogens with zero attached hydrogens (tertiary/aromatic N) is 4. The fourth-order valence-electron chi connectivity index (χ4n) is 5.37. The van der Waals surface area contributed by atoms with Gasteiger partial charge in [-0.15, -0.1) is 0 Å². The van der Waals surface area contributed by atoms with E-state index in [0.29, 0.717) is 13.1 Å². The molecule has 0 aliphatic carbocycles. The van der Waals surface area contributed by atoms with Gasteiger partial charge >= 0.3 is 6.03 Å². The van der Waals surface area contributed by atoms with Crippen molar-refractivity contribution in [2.24, 2.45) is 5.92 Å². The van der Waals surface area contributed by atoms with E-state index in [1.54, 1.807) is 12.4 Å². The second-order valence-corrected chi connectivity index (χ2v) is 10.6. The summed E-state index contributed by atoms with van der Waals surface area (Å²) in [6, 6.07) is 17.7. The smallest absolute Gasteiger partial charge is 0.315 e. The normalized spacial score (nSPS) is 23.2. The molecule has 0 bridgehead atoms. The van der Waals surface area contributed by atoms with E-state index < -0.39 is 6.29 Å². The highest BCUT2D eigenvalue weighted by Crippen LogP contribution is 2.42. The number of carbonyl (C=O) groups excluding carboxylic acids is 1. The number of rotatable bonds is 9. The second kappa shape index (κ2) is 13.9. The van der Waals surface area contributed by atoms with Gasteiger partial charge in [0.05, 0.1) is 18.8 Å². The number of nitrogens with one attached hydrogen (secondary N) is 2. The number of anilines is 1. The van der Waals surface area contributed by atoms with Crippen molar-refractivity contribution in [3.05, 3.63) is 89.2 Å². The van der Waals surface area contributed by atoms with Crippen LogP contribution in [0, 0.1) is 5.92 Å². The average molecular weight is 561 g/mol. The van der Waals surface area contributed by atoms with E-state index in [-0.39, 0.29) is 30.8 Å². The van der Waals surface area contributed by atoms with Gasteiger partial charge in [0, 0.05) is 69.7 Å². The molecule has 4 atom stereocenters. The highest BCUT2D eigenvalue weighted by Gasteiger charge is 2.39. The van der Waals surface area contributed by atoms with Crippen molar-refractivity contribution in [2.75, 3.05) is 44.2 Å². The van der Waals surface area contributed by atoms with Crippen LogP contribution in [0.3, 0.4) is 0 Å². The van der Waals surface area contributed by atoms with Gasteiger partial charge in [0.15, 0.2) is 6.29 Å². The summed E-state index contributed by atoms with van der Waals surface area (Å²) in [5.74, 6) is 0.890. The predicted octanol–water partition coefficient (Wildman–Crippen LogP) is 3.40. The topological polar surface area (TPSA) is 112 Å². The number of aliphatic hydroxyl groups excluding tert-OH is 1. The minimum absolute atomic E-state index is 0.0109. The lowest BCUT2D eigenvalue weighted by atomic mass is 9.90. The Kier molecular flexibility index (Phi) is 9.79. The summed E-state index contributed by atoms with van der Waals surface area (Å²) < 4.78 is 13.2. The maximum Gasteiger partial charge on any atom is 0.315 e. The molecule has 2 aliphatic heterocycles. The third-order valence-corrected chi connectivity index (χ3v) is 7.81. The summed E-state index contributed by atoms with van der Waals surface area (Å²) in [5, 5.41) is 15.1. The number of ether oxygens (including phenoxy) is 2. The van der Waals surface area contributed by atoms with E-state index in [1.807, 2.05) is 61.5 Å². The van der Waals surface area contributed by atoms with E-state index in [0.717, 1.165) is 60.9 Å². The Hall–Kier alpha value is -3.57. The molecule has 3 heterocycles. The molecule has 2 fully saturated rings. The van der Waals surface area contributed by atoms with E-state index in [1.165, 1.54) is 0 Å². The monoisotopic (exact) mass is 560 g/mol. The SMILES string of the molecule is CCNC(=O)NCc1ccc([C@H]2O[C@@H](CN3CCN(c4ncccn4)CC3)[C@@H](C)[C@@H](c3ccc(CO)cc3)O2)cc1. The van der Waals surface area contributed by atoms with Crippen LogP contribution >= 0.6 is 0 Å². The van der Waals surface area contributed by atoms with Crippen molar-refractivity contribution >= 4 is 12.0 Å². The van der Waals surface area contributed by atoms with Crippen LogP contribution in [0.15, 0.2) is 67.0 Å². The molecule has 2 aromatic carbocycles. The number of amides is 2. The number of urea groups is 1. The first-order valence-corrected chi connectivity index (χ1v) is 14.4. The Morgan fingerprint density at radius 2 is 1.59 bits per heavy atom. The number of carbonyl (C=O) groups is 1. The minimum Gasteiger partial charge on any atom is -0.392 e. The number of aliphatic hydroxyl groups is 1. The van der Waals surface area contributed by atoms with Crippen LogP contribution in [0.4, 0.5) is 10.7 Å². The molecule has 3 aromatic rings. The fourth-order valence-corrected chi connectivity index (χ4v) is 5.37. The molecule has 41 heavy (non-hydrogen) atoms. The minimum atomic E-state index is -0.525. The molecular weight excluding hydrogens is 520 g/mol. The maximum atomic E-state index is 11.8. The van der Waals surface area contributed by atoms with Crippen molar-refractivity contribution < 1.29 is 19.4 Å². The van der Waals surface area contributed by atoms with Crippen molar-refractivity contribution in [1.29, 1.82) is 0 Å². The Balaban J connectivity index is 1.28. The van der Waals surface area contributed by atoms with Crippen LogP contribution in [-0.2, 0) is 22.6 Å². The van der Waals surface area contributed by atoms with Crippen LogP contribution < -0.4 is 15.5 Å². The fraction of sp³-hybridized carbons (Fsp3) is 0.452. The number of hydrogen-bond acceptors (Lipinski definition) is 8. The van der Waals surface area contributed by atoms with Gasteiger partial charge < -0.3 is 30.1 Å². The van der Waals surface area contributed by atoms with Gasteiger partial charge in [-0.1, -0.05) is 55.5 Å². The summed E-state index contributed by atoms with van der Waals surface area (Å²) in [6.07, 6.45) is 2.83. The highest BCUT2D eigenvalue weighted by molar-refractivity contribution is 5.73. The van der Waals surface area contributed by atoms with Gasteiger partial charge in [-0.3, -0.25) is 4.90 Å². The summed E-state index contributed by atoms with van der Waals surface area (Å²) in [5.41, 5.74) is 3.88. The third kappa shape index (κ3) is 7.39. The molecule has 3 N–H and O–H groups in total. The molecule has 2 amide bonds. The van der Waals surface area contributed by atoms with Crippen molar-refractivity contribution in [1.82, 2.24) is 25.5 Å². The molecule has 0 radical (unpaired) electrons. The summed E-state index contributed by atoms with van der Waals surface area (Å²) in [7, 11) is 0. The number of aromatic nitrogens is 2. The first-order chi connectivity index (χ1) is 20.0. The quantitative estimate of drug-likeness (QED) is 0.365. The standard InChI is InChI=1S/C31H40N6O4/c1-3-32-31(39)35-19-23-5-11-26(12-6-23)29-40-27(22(2)28(41-29)25-9-7-24(21-38)8-10-25)20-36-15-17-37(18-16-36)30-33-13-4-14-34-30/h4-14,22,27-29,38H,3,15-21H2,1-2H3,(H2,32,35,39)/t22-,27+,28+,29+/m1/s1. The zero-order chi connectivity index (χ0) is 28.6. The van der Waals surface area contributed by atoms with Crippen molar-refractivity contribution in [2.45, 2.75) is 45.5 Å². The van der Waals surface area contributed by atoms with E-state index in [9.17, 15) is 9.90 Å². The summed E-state index contributed by atoms with van der Waals surface area (Å²) in [4.78, 5) is 25.3. The Bertz CT molecular complexity index is 1240. The van der Waals surface area contributed by atoms with Crippen LogP contribution in [-0.4, -0.2) is 71.4 Å². The first-order valence-electron chi connectivity index (χ1n) is 14.4. The summed E-state index contributed by atoms with van der Waals surface area (Å²) in [6.45, 7) is 9.45. The van der Waals surface area contributed by atoms with Gasteiger partial charge in [0.2, 0.25) is 5.95 Å². The van der Waals surface area contributed by atoms with E-state index >= 15 is 0 Å². The lowest BCUT2D eigenvalue weighted by Gasteiger charge is -2.44. The lowest BCUT2D eigenvalue weighted by Crippen LogP contribution is -2.51. The third-order valence-electron chi connectivity index (χ3n) is 7.81. The second-order valence-electron chi connectivity index (χ2n) is 10.6. The van der Waals surface area contributed by atoms with Gasteiger partial charge in [0.1, 0.15) is 0 Å². The van der Waals surface area contributed by atoms with Crippen molar-refractivity contribution in [3.8, 4) is 0 Å². The Morgan fingerprint density at radius 3 is 2.24 bits per heavy atom. The molecule has 2 aliphatic rings. The Morgan fingerprint density at radius 1 is 0.927 bits per heavy atom. The van der Waals surface area contributed by atoms with Crippen LogP contribution in [0.1, 0.15) is 48.5 Å². The number of benzene rings is 2. The van der Waals surface area contributed by atoms with E-state index in [4.69, 9.17) is 9.47 Å². The molecule has 218 valence electrons. The summed E-state index contributed by atoms with van der Waals surface area (Å²) >= 11 is 0. The molecule has 0 unspecified atom stereocenters. The van der Waals surface area contributed by atoms with Gasteiger partial charge in [0.25, 0.3) is 0 Å². The molecule has 5 rings (SSSR count). The molecule has 10 heteroatoms.